The Morgan fingerprint density at radius 1 is 1.18 bits per heavy atom. The summed E-state index contributed by atoms with van der Waals surface area (Å²) in [6, 6.07) is 5.09. The molecule has 5 heteroatoms. The number of carboxylic acids is 1. The van der Waals surface area contributed by atoms with E-state index in [9.17, 15) is 14.4 Å². The van der Waals surface area contributed by atoms with Gasteiger partial charge in [-0.15, -0.1) is 6.58 Å². The first-order chi connectivity index (χ1) is 8.04. The van der Waals surface area contributed by atoms with E-state index in [1.54, 1.807) is 0 Å². The Labute approximate surface area is 97.3 Å². The van der Waals surface area contributed by atoms with Crippen molar-refractivity contribution < 1.29 is 24.2 Å². The third-order valence-electron chi connectivity index (χ3n) is 1.89. The highest BCUT2D eigenvalue weighted by molar-refractivity contribution is 5.98. The number of carbonyl (C=O) groups excluding carboxylic acids is 2. The van der Waals surface area contributed by atoms with Crippen LogP contribution in [0.3, 0.4) is 0 Å². The average molecular weight is 234 g/mol. The van der Waals surface area contributed by atoms with E-state index in [2.05, 4.69) is 11.3 Å². The monoisotopic (exact) mass is 234 g/mol. The predicted octanol–water partition coefficient (Wildman–Crippen LogP) is 1.64. The highest BCUT2D eigenvalue weighted by Crippen LogP contribution is 2.06. The number of benzene rings is 1. The summed E-state index contributed by atoms with van der Waals surface area (Å²) < 4.78 is 4.48. The number of carboxylic acid groups (broad SMARTS) is 1. The summed E-state index contributed by atoms with van der Waals surface area (Å²) in [5.74, 6) is -2.60. The van der Waals surface area contributed by atoms with Gasteiger partial charge in [0, 0.05) is 0 Å². The number of esters is 2. The van der Waals surface area contributed by atoms with Gasteiger partial charge in [0.25, 0.3) is 0 Å². The topological polar surface area (TPSA) is 80.7 Å². The number of rotatable bonds is 4. The van der Waals surface area contributed by atoms with Gasteiger partial charge in [-0.25, -0.2) is 9.59 Å². The molecule has 5 nitrogen and oxygen atoms in total. The van der Waals surface area contributed by atoms with Gasteiger partial charge in [-0.3, -0.25) is 4.79 Å². The van der Waals surface area contributed by atoms with Crippen LogP contribution in [0.25, 0.3) is 0 Å². The fourth-order valence-electron chi connectivity index (χ4n) is 1.07. The molecule has 0 spiro atoms. The van der Waals surface area contributed by atoms with E-state index in [0.717, 1.165) is 0 Å². The Kier molecular flexibility index (Phi) is 4.16. The predicted molar refractivity (Wildman–Crippen MR) is 58.6 cm³/mol. The van der Waals surface area contributed by atoms with Gasteiger partial charge in [-0.2, -0.15) is 0 Å². The summed E-state index contributed by atoms with van der Waals surface area (Å²) >= 11 is 0. The first-order valence-corrected chi connectivity index (χ1v) is 4.74. The number of hydrogen-bond acceptors (Lipinski definition) is 4. The normalized spacial score (nSPS) is 9.41. The number of aromatic carboxylic acids is 1. The van der Waals surface area contributed by atoms with Crippen LogP contribution in [0.4, 0.5) is 0 Å². The van der Waals surface area contributed by atoms with Crippen molar-refractivity contribution in [2.45, 2.75) is 6.42 Å². The fourth-order valence-corrected chi connectivity index (χ4v) is 1.07. The summed E-state index contributed by atoms with van der Waals surface area (Å²) in [7, 11) is 0. The first-order valence-electron chi connectivity index (χ1n) is 4.74. The second-order valence-corrected chi connectivity index (χ2v) is 3.14. The third kappa shape index (κ3) is 3.57. The van der Waals surface area contributed by atoms with Crippen molar-refractivity contribution in [1.82, 2.24) is 0 Å². The van der Waals surface area contributed by atoms with Gasteiger partial charge in [0.05, 0.1) is 17.5 Å². The SMILES string of the molecule is C=CCC(=O)OC(=O)c1ccc(C(=O)O)cc1. The molecule has 0 aliphatic heterocycles. The lowest BCUT2D eigenvalue weighted by Crippen LogP contribution is -2.11. The zero-order chi connectivity index (χ0) is 12.8. The van der Waals surface area contributed by atoms with Gasteiger partial charge in [-0.05, 0) is 24.3 Å². The minimum absolute atomic E-state index is 0.0546. The van der Waals surface area contributed by atoms with Gasteiger partial charge in [0.2, 0.25) is 0 Å². The average Bonchev–Trinajstić information content (AvgIpc) is 2.29. The van der Waals surface area contributed by atoms with Crippen LogP contribution in [-0.2, 0) is 9.53 Å². The molecule has 0 fully saturated rings. The molecule has 1 N–H and O–H groups in total. The van der Waals surface area contributed by atoms with Gasteiger partial charge in [-0.1, -0.05) is 6.08 Å². The molecule has 17 heavy (non-hydrogen) atoms. The first kappa shape index (κ1) is 12.6. The van der Waals surface area contributed by atoms with E-state index in [0.29, 0.717) is 0 Å². The van der Waals surface area contributed by atoms with E-state index in [4.69, 9.17) is 5.11 Å². The molecule has 0 unspecified atom stereocenters. The van der Waals surface area contributed by atoms with Crippen LogP contribution in [-0.4, -0.2) is 23.0 Å². The Balaban J connectivity index is 2.73. The summed E-state index contributed by atoms with van der Waals surface area (Å²) in [4.78, 5) is 32.9. The van der Waals surface area contributed by atoms with Crippen molar-refractivity contribution in [2.75, 3.05) is 0 Å². The largest absolute Gasteiger partial charge is 0.478 e. The van der Waals surface area contributed by atoms with Gasteiger partial charge >= 0.3 is 17.9 Å². The minimum atomic E-state index is -1.09. The minimum Gasteiger partial charge on any atom is -0.478 e. The van der Waals surface area contributed by atoms with E-state index < -0.39 is 17.9 Å². The molecule has 0 aliphatic carbocycles. The van der Waals surface area contributed by atoms with Crippen LogP contribution in [0.15, 0.2) is 36.9 Å². The molecule has 0 atom stereocenters. The summed E-state index contributed by atoms with van der Waals surface area (Å²) in [6.07, 6.45) is 1.27. The summed E-state index contributed by atoms with van der Waals surface area (Å²) in [5.41, 5.74) is 0.173. The van der Waals surface area contributed by atoms with Crippen LogP contribution in [0.2, 0.25) is 0 Å². The molecule has 0 amide bonds. The van der Waals surface area contributed by atoms with E-state index in [-0.39, 0.29) is 17.5 Å². The van der Waals surface area contributed by atoms with Crippen molar-refractivity contribution in [1.29, 1.82) is 0 Å². The lowest BCUT2D eigenvalue weighted by molar-refractivity contribution is -0.136. The number of ether oxygens (including phenoxy) is 1. The molecule has 0 saturated heterocycles. The lowest BCUT2D eigenvalue weighted by atomic mass is 10.1. The molecule has 0 aliphatic rings. The fraction of sp³-hybridized carbons (Fsp3) is 0.0833. The molecule has 0 heterocycles. The maximum Gasteiger partial charge on any atom is 0.345 e. The zero-order valence-electron chi connectivity index (χ0n) is 8.88. The Morgan fingerprint density at radius 3 is 2.18 bits per heavy atom. The van der Waals surface area contributed by atoms with Crippen LogP contribution in [0.5, 0.6) is 0 Å². The Morgan fingerprint density at radius 2 is 1.71 bits per heavy atom. The maximum absolute atomic E-state index is 11.4. The van der Waals surface area contributed by atoms with E-state index in [1.807, 2.05) is 0 Å². The van der Waals surface area contributed by atoms with Gasteiger partial charge < -0.3 is 9.84 Å². The van der Waals surface area contributed by atoms with Crippen molar-refractivity contribution >= 4 is 17.9 Å². The van der Waals surface area contributed by atoms with Crippen LogP contribution in [0, 0.1) is 0 Å². The maximum atomic E-state index is 11.4. The Bertz CT molecular complexity index is 458. The standard InChI is InChI=1S/C12H10O5/c1-2-3-10(13)17-12(16)9-6-4-8(5-7-9)11(14)15/h2,4-7H,1,3H2,(H,14,15). The number of carbonyl (C=O) groups is 3. The van der Waals surface area contributed by atoms with Crippen LogP contribution in [0.1, 0.15) is 27.1 Å². The highest BCUT2D eigenvalue weighted by Gasteiger charge is 2.12. The molecule has 1 aromatic rings. The molecular formula is C12H10O5. The second kappa shape index (κ2) is 5.60. The molecular weight excluding hydrogens is 224 g/mol. The molecule has 88 valence electrons. The Hall–Kier alpha value is -2.43. The molecule has 0 bridgehead atoms. The third-order valence-corrected chi connectivity index (χ3v) is 1.89. The zero-order valence-corrected chi connectivity index (χ0v) is 8.88. The second-order valence-electron chi connectivity index (χ2n) is 3.14. The van der Waals surface area contributed by atoms with Gasteiger partial charge in [0.15, 0.2) is 0 Å². The van der Waals surface area contributed by atoms with Crippen molar-refractivity contribution in [3.8, 4) is 0 Å². The van der Waals surface area contributed by atoms with Gasteiger partial charge in [0.1, 0.15) is 0 Å². The van der Waals surface area contributed by atoms with E-state index >= 15 is 0 Å². The molecule has 1 rings (SSSR count). The summed E-state index contributed by atoms with van der Waals surface area (Å²) in [6.45, 7) is 3.33. The van der Waals surface area contributed by atoms with Crippen molar-refractivity contribution in [3.63, 3.8) is 0 Å². The van der Waals surface area contributed by atoms with Crippen LogP contribution >= 0.6 is 0 Å². The molecule has 0 radical (unpaired) electrons. The quantitative estimate of drug-likeness (QED) is 0.486. The van der Waals surface area contributed by atoms with Crippen molar-refractivity contribution in [3.05, 3.63) is 48.0 Å². The van der Waals surface area contributed by atoms with Crippen molar-refractivity contribution in [2.24, 2.45) is 0 Å². The number of hydrogen-bond donors (Lipinski definition) is 1. The molecule has 0 saturated carbocycles. The van der Waals surface area contributed by atoms with Crippen LogP contribution < -0.4 is 0 Å². The van der Waals surface area contributed by atoms with E-state index in [1.165, 1.54) is 30.3 Å². The lowest BCUT2D eigenvalue weighted by Gasteiger charge is -2.01. The molecule has 0 aromatic heterocycles. The smallest absolute Gasteiger partial charge is 0.345 e. The molecule has 1 aromatic carbocycles. The highest BCUT2D eigenvalue weighted by atomic mass is 16.6. The summed E-state index contributed by atoms with van der Waals surface area (Å²) in [5, 5.41) is 8.65.